The third kappa shape index (κ3) is 4.27. The molecule has 0 amide bonds. The van der Waals surface area contributed by atoms with E-state index in [-0.39, 0.29) is 18.6 Å². The van der Waals surface area contributed by atoms with E-state index in [0.29, 0.717) is 22.5 Å². The second-order valence-corrected chi connectivity index (χ2v) is 6.02. The average Bonchev–Trinajstić information content (AvgIpc) is 2.61. The molecular weight excluding hydrogens is 332 g/mol. The van der Waals surface area contributed by atoms with Crippen LogP contribution in [0.2, 0.25) is 0 Å². The molecule has 0 saturated carbocycles. The second-order valence-electron chi connectivity index (χ2n) is 6.02. The smallest absolute Gasteiger partial charge is 0.309 e. The van der Waals surface area contributed by atoms with E-state index in [2.05, 4.69) is 9.97 Å². The topological polar surface area (TPSA) is 81.3 Å². The fourth-order valence-corrected chi connectivity index (χ4v) is 2.57. The molecule has 0 spiro atoms. The number of hydrogen-bond donors (Lipinski definition) is 1. The molecule has 1 atom stereocenters. The summed E-state index contributed by atoms with van der Waals surface area (Å²) in [6.45, 7) is 3.86. The van der Waals surface area contributed by atoms with Gasteiger partial charge >= 0.3 is 5.97 Å². The van der Waals surface area contributed by atoms with E-state index in [4.69, 9.17) is 9.47 Å². The molecular formula is C20H20N2O4. The largest absolute Gasteiger partial charge is 0.493 e. The molecule has 3 aromatic rings. The molecule has 0 aliphatic carbocycles. The number of esters is 1. The number of fused-ring (bicyclic) bond motifs is 1. The van der Waals surface area contributed by atoms with Gasteiger partial charge in [0.15, 0.2) is 11.9 Å². The number of para-hydroxylation sites is 1. The minimum absolute atomic E-state index is 0.107. The number of aromatic nitrogens is 2. The summed E-state index contributed by atoms with van der Waals surface area (Å²) in [6.07, 6.45) is -0.547. The summed E-state index contributed by atoms with van der Waals surface area (Å²) in [4.78, 5) is 31.1. The van der Waals surface area contributed by atoms with E-state index >= 15 is 0 Å². The Labute approximate surface area is 150 Å². The number of rotatable bonds is 6. The van der Waals surface area contributed by atoms with Gasteiger partial charge in [-0.3, -0.25) is 9.59 Å². The standard InChI is InChI=1S/C20H20N2O4/c1-13-6-5-7-15(12-13)25-11-10-18(23)26-14(2)19-21-17-9-4-3-8-16(17)20(24)22-19/h3-9,12,14H,10-11H2,1-2H3,(H,21,22,24). The number of carbonyl (C=O) groups is 1. The molecule has 0 saturated heterocycles. The lowest BCUT2D eigenvalue weighted by Crippen LogP contribution is -2.18. The van der Waals surface area contributed by atoms with E-state index in [9.17, 15) is 9.59 Å². The van der Waals surface area contributed by atoms with Crippen molar-refractivity contribution in [3.63, 3.8) is 0 Å². The lowest BCUT2D eigenvalue weighted by molar-refractivity contribution is -0.149. The number of ether oxygens (including phenoxy) is 2. The molecule has 1 unspecified atom stereocenters. The van der Waals surface area contributed by atoms with Gasteiger partial charge in [-0.2, -0.15) is 0 Å². The van der Waals surface area contributed by atoms with Crippen LogP contribution in [0, 0.1) is 6.92 Å². The quantitative estimate of drug-likeness (QED) is 0.688. The van der Waals surface area contributed by atoms with E-state index < -0.39 is 12.1 Å². The van der Waals surface area contributed by atoms with Crippen molar-refractivity contribution in [2.45, 2.75) is 26.4 Å². The van der Waals surface area contributed by atoms with Gasteiger partial charge in [-0.15, -0.1) is 0 Å². The van der Waals surface area contributed by atoms with Crippen molar-refractivity contribution in [2.75, 3.05) is 6.61 Å². The minimum atomic E-state index is -0.654. The fourth-order valence-electron chi connectivity index (χ4n) is 2.57. The molecule has 0 aliphatic heterocycles. The summed E-state index contributed by atoms with van der Waals surface area (Å²) < 4.78 is 10.9. The fraction of sp³-hybridized carbons (Fsp3) is 0.250. The first-order valence-electron chi connectivity index (χ1n) is 8.41. The minimum Gasteiger partial charge on any atom is -0.493 e. The molecule has 1 N–H and O–H groups in total. The van der Waals surface area contributed by atoms with Crippen LogP contribution in [-0.4, -0.2) is 22.5 Å². The molecule has 6 nitrogen and oxygen atoms in total. The maximum Gasteiger partial charge on any atom is 0.309 e. The lowest BCUT2D eigenvalue weighted by atomic mass is 10.2. The SMILES string of the molecule is Cc1cccc(OCCC(=O)OC(C)c2nc3ccccc3c(=O)[nH]2)c1. The highest BCUT2D eigenvalue weighted by molar-refractivity contribution is 5.77. The second kappa shape index (κ2) is 7.82. The van der Waals surface area contributed by atoms with Gasteiger partial charge in [0.25, 0.3) is 5.56 Å². The van der Waals surface area contributed by atoms with Crippen molar-refractivity contribution in [1.29, 1.82) is 0 Å². The van der Waals surface area contributed by atoms with Crippen LogP contribution in [0.25, 0.3) is 10.9 Å². The maximum atomic E-state index is 12.1. The highest BCUT2D eigenvalue weighted by Crippen LogP contribution is 2.16. The number of carbonyl (C=O) groups excluding carboxylic acids is 1. The molecule has 134 valence electrons. The summed E-state index contributed by atoms with van der Waals surface area (Å²) in [5.74, 6) is 0.619. The zero-order valence-electron chi connectivity index (χ0n) is 14.7. The zero-order chi connectivity index (χ0) is 18.5. The van der Waals surface area contributed by atoms with Crippen molar-refractivity contribution in [1.82, 2.24) is 9.97 Å². The number of H-pyrrole nitrogens is 1. The van der Waals surface area contributed by atoms with Gasteiger partial charge in [-0.05, 0) is 43.7 Å². The predicted molar refractivity (Wildman–Crippen MR) is 98.2 cm³/mol. The van der Waals surface area contributed by atoms with Crippen molar-refractivity contribution >= 4 is 16.9 Å². The summed E-state index contributed by atoms with van der Waals surface area (Å²) in [5, 5.41) is 0.501. The number of hydrogen-bond acceptors (Lipinski definition) is 5. The van der Waals surface area contributed by atoms with E-state index in [1.165, 1.54) is 0 Å². The summed E-state index contributed by atoms with van der Waals surface area (Å²) >= 11 is 0. The molecule has 6 heteroatoms. The third-order valence-electron chi connectivity index (χ3n) is 3.89. The molecule has 2 aromatic carbocycles. The Morgan fingerprint density at radius 2 is 2.00 bits per heavy atom. The van der Waals surface area contributed by atoms with Crippen LogP contribution in [0.15, 0.2) is 53.3 Å². The summed E-state index contributed by atoms with van der Waals surface area (Å²) in [7, 11) is 0. The van der Waals surface area contributed by atoms with E-state index in [0.717, 1.165) is 5.56 Å². The molecule has 0 radical (unpaired) electrons. The number of nitrogens with one attached hydrogen (secondary N) is 1. The molecule has 0 fully saturated rings. The van der Waals surface area contributed by atoms with Crippen LogP contribution >= 0.6 is 0 Å². The number of aromatic amines is 1. The number of aryl methyl sites for hydroxylation is 1. The van der Waals surface area contributed by atoms with Crippen molar-refractivity contribution in [3.8, 4) is 5.75 Å². The highest BCUT2D eigenvalue weighted by atomic mass is 16.5. The van der Waals surface area contributed by atoms with Crippen LogP contribution in [0.4, 0.5) is 0 Å². The highest BCUT2D eigenvalue weighted by Gasteiger charge is 2.15. The Balaban J connectivity index is 1.58. The average molecular weight is 352 g/mol. The van der Waals surface area contributed by atoms with Crippen molar-refractivity contribution in [2.24, 2.45) is 0 Å². The van der Waals surface area contributed by atoms with Gasteiger partial charge in [0, 0.05) is 0 Å². The molecule has 1 aromatic heterocycles. The summed E-state index contributed by atoms with van der Waals surface area (Å²) in [6, 6.07) is 14.6. The Hall–Kier alpha value is -3.15. The number of nitrogens with zero attached hydrogens (tertiary/aromatic N) is 1. The monoisotopic (exact) mass is 352 g/mol. The van der Waals surface area contributed by atoms with Crippen molar-refractivity contribution in [3.05, 3.63) is 70.3 Å². The van der Waals surface area contributed by atoms with Crippen LogP contribution in [0.5, 0.6) is 5.75 Å². The molecule has 3 rings (SSSR count). The Morgan fingerprint density at radius 3 is 2.81 bits per heavy atom. The molecule has 26 heavy (non-hydrogen) atoms. The number of benzene rings is 2. The Morgan fingerprint density at radius 1 is 1.19 bits per heavy atom. The van der Waals surface area contributed by atoms with Crippen molar-refractivity contribution < 1.29 is 14.3 Å². The molecule has 0 aliphatic rings. The molecule has 1 heterocycles. The lowest BCUT2D eigenvalue weighted by Gasteiger charge is -2.13. The van der Waals surface area contributed by atoms with Crippen LogP contribution in [0.1, 0.15) is 30.8 Å². The van der Waals surface area contributed by atoms with E-state index in [1.807, 2.05) is 31.2 Å². The maximum absolute atomic E-state index is 12.1. The van der Waals surface area contributed by atoms with Gasteiger partial charge in [0.2, 0.25) is 0 Å². The van der Waals surface area contributed by atoms with Gasteiger partial charge in [-0.1, -0.05) is 24.3 Å². The first-order chi connectivity index (χ1) is 12.5. The van der Waals surface area contributed by atoms with Gasteiger partial charge in [0.1, 0.15) is 5.75 Å². The normalized spacial score (nSPS) is 11.9. The zero-order valence-corrected chi connectivity index (χ0v) is 14.7. The summed E-state index contributed by atoms with van der Waals surface area (Å²) in [5.41, 5.74) is 1.40. The van der Waals surface area contributed by atoms with Gasteiger partial charge < -0.3 is 14.5 Å². The van der Waals surface area contributed by atoms with E-state index in [1.54, 1.807) is 31.2 Å². The Bertz CT molecular complexity index is 981. The predicted octanol–water partition coefficient (Wildman–Crippen LogP) is 3.30. The molecule has 0 bridgehead atoms. The van der Waals surface area contributed by atoms with Gasteiger partial charge in [0.05, 0.1) is 23.9 Å². The van der Waals surface area contributed by atoms with Crippen LogP contribution in [0.3, 0.4) is 0 Å². The first kappa shape index (κ1) is 17.7. The third-order valence-corrected chi connectivity index (χ3v) is 3.89. The Kier molecular flexibility index (Phi) is 5.31. The van der Waals surface area contributed by atoms with Crippen LogP contribution < -0.4 is 10.3 Å². The van der Waals surface area contributed by atoms with Crippen LogP contribution in [-0.2, 0) is 9.53 Å². The van der Waals surface area contributed by atoms with Gasteiger partial charge in [-0.25, -0.2) is 4.98 Å². The first-order valence-corrected chi connectivity index (χ1v) is 8.41.